The molecular weight excluding hydrogens is 292 g/mol. The van der Waals surface area contributed by atoms with Crippen molar-refractivity contribution in [1.82, 2.24) is 0 Å². The zero-order valence-corrected chi connectivity index (χ0v) is 13.0. The Kier molecular flexibility index (Phi) is 5.98. The number of phenols is 2. The van der Waals surface area contributed by atoms with Gasteiger partial charge in [-0.15, -0.1) is 0 Å². The SMILES string of the molecule is N[C@@H](Cc1ccc(O)cc1)C[C@H](O)[C@@H](N)Cc1ccc(O)cc1. The van der Waals surface area contributed by atoms with Crippen LogP contribution in [0, 0.1) is 0 Å². The number of phenolic OH excluding ortho intramolecular Hbond substituents is 2. The van der Waals surface area contributed by atoms with E-state index in [1.54, 1.807) is 36.4 Å². The molecule has 0 saturated heterocycles. The minimum atomic E-state index is -0.698. The Morgan fingerprint density at radius 1 is 0.739 bits per heavy atom. The maximum atomic E-state index is 10.2. The Balaban J connectivity index is 1.83. The van der Waals surface area contributed by atoms with E-state index in [1.165, 1.54) is 0 Å². The first-order valence-electron chi connectivity index (χ1n) is 7.69. The monoisotopic (exact) mass is 316 g/mol. The van der Waals surface area contributed by atoms with Crippen molar-refractivity contribution in [2.45, 2.75) is 37.5 Å². The topological polar surface area (TPSA) is 113 Å². The molecule has 0 saturated carbocycles. The van der Waals surface area contributed by atoms with Gasteiger partial charge >= 0.3 is 0 Å². The molecule has 124 valence electrons. The van der Waals surface area contributed by atoms with Gasteiger partial charge in [-0.1, -0.05) is 24.3 Å². The van der Waals surface area contributed by atoms with Crippen LogP contribution in [0.25, 0.3) is 0 Å². The zero-order chi connectivity index (χ0) is 16.8. The average Bonchev–Trinajstić information content (AvgIpc) is 2.51. The lowest BCUT2D eigenvalue weighted by Crippen LogP contribution is -2.41. The van der Waals surface area contributed by atoms with Crippen molar-refractivity contribution in [1.29, 1.82) is 0 Å². The van der Waals surface area contributed by atoms with Gasteiger partial charge in [-0.05, 0) is 54.7 Å². The van der Waals surface area contributed by atoms with Gasteiger partial charge in [0.25, 0.3) is 0 Å². The van der Waals surface area contributed by atoms with Crippen LogP contribution in [0.15, 0.2) is 48.5 Å². The summed E-state index contributed by atoms with van der Waals surface area (Å²) in [6, 6.07) is 13.0. The maximum Gasteiger partial charge on any atom is 0.115 e. The summed E-state index contributed by atoms with van der Waals surface area (Å²) >= 11 is 0. The van der Waals surface area contributed by atoms with E-state index in [0.29, 0.717) is 19.3 Å². The fourth-order valence-electron chi connectivity index (χ4n) is 2.54. The first kappa shape index (κ1) is 17.3. The van der Waals surface area contributed by atoms with Crippen molar-refractivity contribution in [3.63, 3.8) is 0 Å². The van der Waals surface area contributed by atoms with Crippen LogP contribution in [-0.2, 0) is 12.8 Å². The number of benzene rings is 2. The molecule has 0 radical (unpaired) electrons. The molecule has 3 atom stereocenters. The van der Waals surface area contributed by atoms with Gasteiger partial charge in [-0.25, -0.2) is 0 Å². The van der Waals surface area contributed by atoms with Gasteiger partial charge in [0.05, 0.1) is 6.10 Å². The van der Waals surface area contributed by atoms with Crippen LogP contribution in [0.5, 0.6) is 11.5 Å². The largest absolute Gasteiger partial charge is 0.508 e. The first-order chi connectivity index (χ1) is 10.9. The molecule has 0 aliphatic carbocycles. The standard InChI is InChI=1S/C18H24N2O3/c19-14(9-12-1-5-15(21)6-2-12)11-18(23)17(20)10-13-3-7-16(22)8-4-13/h1-8,14,17-18,21-23H,9-11,19-20H2/t14-,17-,18-/m0/s1. The lowest BCUT2D eigenvalue weighted by atomic mass is 9.95. The Hall–Kier alpha value is -2.08. The molecule has 0 amide bonds. The fraction of sp³-hybridized carbons (Fsp3) is 0.333. The Bertz CT molecular complexity index is 599. The third-order valence-corrected chi connectivity index (χ3v) is 3.88. The van der Waals surface area contributed by atoms with E-state index in [0.717, 1.165) is 11.1 Å². The van der Waals surface area contributed by atoms with Crippen LogP contribution in [0.4, 0.5) is 0 Å². The highest BCUT2D eigenvalue weighted by atomic mass is 16.3. The normalized spacial score (nSPS) is 15.1. The number of aromatic hydroxyl groups is 2. The van der Waals surface area contributed by atoms with Crippen LogP contribution in [0.3, 0.4) is 0 Å². The van der Waals surface area contributed by atoms with E-state index in [-0.39, 0.29) is 17.5 Å². The number of aliphatic hydroxyl groups excluding tert-OH is 1. The molecule has 0 fully saturated rings. The van der Waals surface area contributed by atoms with Gasteiger partial charge in [0.1, 0.15) is 11.5 Å². The van der Waals surface area contributed by atoms with Gasteiger partial charge in [-0.3, -0.25) is 0 Å². The molecule has 0 aliphatic heterocycles. The van der Waals surface area contributed by atoms with Gasteiger partial charge in [0.2, 0.25) is 0 Å². The average molecular weight is 316 g/mol. The second-order valence-corrected chi connectivity index (χ2v) is 5.97. The quantitative estimate of drug-likeness (QED) is 0.528. The smallest absolute Gasteiger partial charge is 0.115 e. The highest BCUT2D eigenvalue weighted by molar-refractivity contribution is 5.27. The van der Waals surface area contributed by atoms with Gasteiger partial charge in [-0.2, -0.15) is 0 Å². The second-order valence-electron chi connectivity index (χ2n) is 5.97. The molecule has 0 unspecified atom stereocenters. The maximum absolute atomic E-state index is 10.2. The van der Waals surface area contributed by atoms with E-state index in [9.17, 15) is 15.3 Å². The molecule has 0 bridgehead atoms. The predicted octanol–water partition coefficient (Wildman–Crippen LogP) is 1.29. The van der Waals surface area contributed by atoms with Crippen LogP contribution in [-0.4, -0.2) is 33.5 Å². The molecule has 5 nitrogen and oxygen atoms in total. The molecule has 0 aromatic heterocycles. The van der Waals surface area contributed by atoms with Crippen molar-refractivity contribution >= 4 is 0 Å². The fourth-order valence-corrected chi connectivity index (χ4v) is 2.54. The van der Waals surface area contributed by atoms with Gasteiger partial charge < -0.3 is 26.8 Å². The molecule has 23 heavy (non-hydrogen) atoms. The van der Waals surface area contributed by atoms with Crippen molar-refractivity contribution in [2.24, 2.45) is 11.5 Å². The third kappa shape index (κ3) is 5.56. The number of aliphatic hydroxyl groups is 1. The summed E-state index contributed by atoms with van der Waals surface area (Å²) in [5.74, 6) is 0.428. The van der Waals surface area contributed by atoms with Gasteiger partial charge in [0, 0.05) is 12.1 Å². The van der Waals surface area contributed by atoms with Crippen LogP contribution in [0.1, 0.15) is 17.5 Å². The Labute approximate surface area is 136 Å². The summed E-state index contributed by atoms with van der Waals surface area (Å²) < 4.78 is 0. The molecular formula is C18H24N2O3. The van der Waals surface area contributed by atoms with Crippen LogP contribution < -0.4 is 11.5 Å². The lowest BCUT2D eigenvalue weighted by Gasteiger charge is -2.22. The van der Waals surface area contributed by atoms with Crippen molar-refractivity contribution < 1.29 is 15.3 Å². The number of nitrogens with two attached hydrogens (primary N) is 2. The molecule has 2 aromatic rings. The molecule has 0 aliphatic rings. The minimum absolute atomic E-state index is 0.207. The second kappa shape index (κ2) is 7.97. The summed E-state index contributed by atoms with van der Waals surface area (Å²) in [6.07, 6.45) is 0.840. The van der Waals surface area contributed by atoms with Crippen molar-refractivity contribution in [3.05, 3.63) is 59.7 Å². The summed E-state index contributed by atoms with van der Waals surface area (Å²) in [5, 5.41) is 28.8. The van der Waals surface area contributed by atoms with E-state index in [2.05, 4.69) is 0 Å². The van der Waals surface area contributed by atoms with E-state index in [1.807, 2.05) is 12.1 Å². The zero-order valence-electron chi connectivity index (χ0n) is 13.0. The third-order valence-electron chi connectivity index (χ3n) is 3.88. The van der Waals surface area contributed by atoms with E-state index in [4.69, 9.17) is 11.5 Å². The Morgan fingerprint density at radius 3 is 1.65 bits per heavy atom. The van der Waals surface area contributed by atoms with Gasteiger partial charge in [0.15, 0.2) is 0 Å². The van der Waals surface area contributed by atoms with Crippen molar-refractivity contribution in [3.8, 4) is 11.5 Å². The summed E-state index contributed by atoms with van der Waals surface area (Å²) in [4.78, 5) is 0. The molecule has 7 N–H and O–H groups in total. The van der Waals surface area contributed by atoms with E-state index >= 15 is 0 Å². The highest BCUT2D eigenvalue weighted by Gasteiger charge is 2.19. The van der Waals surface area contributed by atoms with Crippen molar-refractivity contribution in [2.75, 3.05) is 0 Å². The number of rotatable bonds is 7. The van der Waals surface area contributed by atoms with E-state index < -0.39 is 12.1 Å². The van der Waals surface area contributed by atoms with Crippen LogP contribution >= 0.6 is 0 Å². The highest BCUT2D eigenvalue weighted by Crippen LogP contribution is 2.15. The summed E-state index contributed by atoms with van der Waals surface area (Å²) in [7, 11) is 0. The molecule has 5 heteroatoms. The number of hydrogen-bond acceptors (Lipinski definition) is 5. The molecule has 0 spiro atoms. The summed E-state index contributed by atoms with van der Waals surface area (Å²) in [6.45, 7) is 0. The Morgan fingerprint density at radius 2 is 1.17 bits per heavy atom. The molecule has 2 rings (SSSR count). The number of hydrogen-bond donors (Lipinski definition) is 5. The summed E-state index contributed by atoms with van der Waals surface area (Å²) in [5.41, 5.74) is 14.1. The first-order valence-corrected chi connectivity index (χ1v) is 7.69. The predicted molar refractivity (Wildman–Crippen MR) is 90.2 cm³/mol. The van der Waals surface area contributed by atoms with Crippen LogP contribution in [0.2, 0.25) is 0 Å². The lowest BCUT2D eigenvalue weighted by molar-refractivity contribution is 0.126. The molecule has 2 aromatic carbocycles. The minimum Gasteiger partial charge on any atom is -0.508 e. The molecule has 0 heterocycles.